The number of alkyl carbamates (subject to hydrolysis) is 1. The fourth-order valence-corrected chi connectivity index (χ4v) is 2.68. The summed E-state index contributed by atoms with van der Waals surface area (Å²) in [5, 5.41) is 12.7. The molecule has 0 saturated carbocycles. The van der Waals surface area contributed by atoms with Crippen LogP contribution in [0.2, 0.25) is 0 Å². The minimum absolute atomic E-state index is 0.0619. The molecule has 1 heterocycles. The molecule has 3 rings (SSSR count). The summed E-state index contributed by atoms with van der Waals surface area (Å²) >= 11 is 0. The Morgan fingerprint density at radius 1 is 1.15 bits per heavy atom. The van der Waals surface area contributed by atoms with Crippen molar-refractivity contribution in [3.8, 4) is 5.75 Å². The first kappa shape index (κ1) is 17.8. The highest BCUT2D eigenvalue weighted by Gasteiger charge is 2.45. The summed E-state index contributed by atoms with van der Waals surface area (Å²) in [6, 6.07) is 14.7. The second kappa shape index (κ2) is 7.88. The normalized spacial score (nSPS) is 21.8. The number of esters is 1. The fourth-order valence-electron chi connectivity index (χ4n) is 2.68. The zero-order valence-electron chi connectivity index (χ0n) is 14.1. The lowest BCUT2D eigenvalue weighted by atomic mass is 10.0. The largest absolute Gasteiger partial charge is 0.497 e. The minimum atomic E-state index is -1.22. The Bertz CT molecular complexity index is 761. The highest BCUT2D eigenvalue weighted by atomic mass is 16.6. The molecule has 0 spiro atoms. The molecule has 2 N–H and O–H groups in total. The van der Waals surface area contributed by atoms with Gasteiger partial charge in [0.1, 0.15) is 18.5 Å². The van der Waals surface area contributed by atoms with Crippen molar-refractivity contribution in [2.45, 2.75) is 24.9 Å². The van der Waals surface area contributed by atoms with Crippen molar-refractivity contribution in [2.75, 3.05) is 7.11 Å². The van der Waals surface area contributed by atoms with Gasteiger partial charge in [0, 0.05) is 0 Å². The van der Waals surface area contributed by atoms with Crippen molar-refractivity contribution in [3.05, 3.63) is 65.7 Å². The van der Waals surface area contributed by atoms with Gasteiger partial charge in [-0.15, -0.1) is 0 Å². The van der Waals surface area contributed by atoms with Crippen molar-refractivity contribution in [1.29, 1.82) is 0 Å². The summed E-state index contributed by atoms with van der Waals surface area (Å²) in [7, 11) is 1.54. The van der Waals surface area contributed by atoms with Gasteiger partial charge in [-0.2, -0.15) is 0 Å². The van der Waals surface area contributed by atoms with Crippen LogP contribution in [0.1, 0.15) is 17.2 Å². The summed E-state index contributed by atoms with van der Waals surface area (Å²) in [5.74, 6) is -0.0679. The first-order valence-electron chi connectivity index (χ1n) is 8.08. The van der Waals surface area contributed by atoms with Crippen LogP contribution in [-0.2, 0) is 20.9 Å². The molecule has 7 nitrogen and oxygen atoms in total. The van der Waals surface area contributed by atoms with Crippen LogP contribution in [0, 0.1) is 0 Å². The predicted octanol–water partition coefficient (Wildman–Crippen LogP) is 1.95. The number of ether oxygens (including phenoxy) is 3. The lowest BCUT2D eigenvalue weighted by Crippen LogP contribution is -2.45. The molecule has 26 heavy (non-hydrogen) atoms. The monoisotopic (exact) mass is 357 g/mol. The zero-order valence-corrected chi connectivity index (χ0v) is 14.1. The molecule has 1 aliphatic rings. The number of hydrogen-bond donors (Lipinski definition) is 2. The third-order valence-electron chi connectivity index (χ3n) is 4.08. The van der Waals surface area contributed by atoms with E-state index in [0.29, 0.717) is 11.3 Å². The Morgan fingerprint density at radius 2 is 1.85 bits per heavy atom. The number of hydrogen-bond acceptors (Lipinski definition) is 6. The van der Waals surface area contributed by atoms with Gasteiger partial charge < -0.3 is 24.6 Å². The number of benzene rings is 2. The number of amides is 1. The van der Waals surface area contributed by atoms with E-state index in [4.69, 9.17) is 14.2 Å². The number of cyclic esters (lactones) is 1. The second-order valence-corrected chi connectivity index (χ2v) is 5.80. The Balaban J connectivity index is 1.59. The van der Waals surface area contributed by atoms with Crippen LogP contribution in [0.4, 0.5) is 4.79 Å². The number of carbonyl (C=O) groups excluding carboxylic acids is 2. The summed E-state index contributed by atoms with van der Waals surface area (Å²) < 4.78 is 15.4. The maximum Gasteiger partial charge on any atom is 0.408 e. The number of aliphatic hydroxyl groups excluding tert-OH is 1. The molecular weight excluding hydrogens is 338 g/mol. The first-order valence-corrected chi connectivity index (χ1v) is 8.08. The second-order valence-electron chi connectivity index (χ2n) is 5.80. The van der Waals surface area contributed by atoms with Crippen LogP contribution < -0.4 is 10.1 Å². The Morgan fingerprint density at radius 3 is 2.50 bits per heavy atom. The molecule has 0 radical (unpaired) electrons. The SMILES string of the molecule is COc1ccc([C@H]2OC(=O)[C@@H](NC(=O)OCc3ccccc3)[C@H]2O)cc1. The maximum absolute atomic E-state index is 12.0. The average Bonchev–Trinajstić information content (AvgIpc) is 2.95. The Labute approximate surface area is 150 Å². The van der Waals surface area contributed by atoms with Gasteiger partial charge >= 0.3 is 12.1 Å². The lowest BCUT2D eigenvalue weighted by Gasteiger charge is -2.16. The van der Waals surface area contributed by atoms with Gasteiger partial charge in [0.15, 0.2) is 12.1 Å². The fraction of sp³-hybridized carbons (Fsp3) is 0.263. The van der Waals surface area contributed by atoms with Gasteiger partial charge in [0.25, 0.3) is 0 Å². The van der Waals surface area contributed by atoms with Crippen LogP contribution >= 0.6 is 0 Å². The van der Waals surface area contributed by atoms with Gasteiger partial charge in [0.05, 0.1) is 7.11 Å². The van der Waals surface area contributed by atoms with Gasteiger partial charge in [-0.05, 0) is 23.3 Å². The van der Waals surface area contributed by atoms with Crippen LogP contribution in [0.15, 0.2) is 54.6 Å². The van der Waals surface area contributed by atoms with Crippen molar-refractivity contribution < 1.29 is 28.9 Å². The summed E-state index contributed by atoms with van der Waals surface area (Å²) in [4.78, 5) is 23.9. The summed E-state index contributed by atoms with van der Waals surface area (Å²) in [5.41, 5.74) is 1.42. The van der Waals surface area contributed by atoms with Crippen LogP contribution in [0.25, 0.3) is 0 Å². The molecule has 3 atom stereocenters. The van der Waals surface area contributed by atoms with Gasteiger partial charge in [-0.1, -0.05) is 42.5 Å². The molecule has 0 bridgehead atoms. The number of nitrogens with one attached hydrogen (secondary N) is 1. The molecule has 1 aliphatic heterocycles. The standard InChI is InChI=1S/C19H19NO6/c1-24-14-9-7-13(8-10-14)17-16(21)15(18(22)26-17)20-19(23)25-11-12-5-3-2-4-6-12/h2-10,15-17,21H,11H2,1H3,(H,20,23)/t15-,16+,17+/m0/s1. The van der Waals surface area contributed by atoms with Crippen molar-refractivity contribution in [1.82, 2.24) is 5.32 Å². The van der Waals surface area contributed by atoms with Crippen LogP contribution in [-0.4, -0.2) is 36.4 Å². The molecule has 0 unspecified atom stereocenters. The molecule has 136 valence electrons. The number of aliphatic hydroxyl groups is 1. The molecular formula is C19H19NO6. The maximum atomic E-state index is 12.0. The lowest BCUT2D eigenvalue weighted by molar-refractivity contribution is -0.143. The van der Waals surface area contributed by atoms with E-state index in [1.165, 1.54) is 0 Å². The first-order chi connectivity index (χ1) is 12.6. The zero-order chi connectivity index (χ0) is 18.5. The van der Waals surface area contributed by atoms with Crippen molar-refractivity contribution >= 4 is 12.1 Å². The number of rotatable bonds is 5. The number of methoxy groups -OCH3 is 1. The van der Waals surface area contributed by atoms with E-state index < -0.39 is 30.3 Å². The molecule has 1 amide bonds. The molecule has 0 aromatic heterocycles. The summed E-state index contributed by atoms with van der Waals surface area (Å²) in [6.45, 7) is 0.0619. The van der Waals surface area contributed by atoms with E-state index in [1.54, 1.807) is 31.4 Å². The molecule has 7 heteroatoms. The van der Waals surface area contributed by atoms with E-state index >= 15 is 0 Å². The van der Waals surface area contributed by atoms with Crippen LogP contribution in [0.5, 0.6) is 5.75 Å². The molecule has 2 aromatic rings. The van der Waals surface area contributed by atoms with E-state index in [0.717, 1.165) is 5.56 Å². The highest BCUT2D eigenvalue weighted by molar-refractivity contribution is 5.84. The Kier molecular flexibility index (Phi) is 5.38. The molecule has 1 fully saturated rings. The van der Waals surface area contributed by atoms with Gasteiger partial charge in [0.2, 0.25) is 0 Å². The highest BCUT2D eigenvalue weighted by Crippen LogP contribution is 2.31. The van der Waals surface area contributed by atoms with E-state index in [1.807, 2.05) is 30.3 Å². The molecule has 1 saturated heterocycles. The van der Waals surface area contributed by atoms with Gasteiger partial charge in [-0.3, -0.25) is 0 Å². The average molecular weight is 357 g/mol. The molecule has 2 aromatic carbocycles. The van der Waals surface area contributed by atoms with E-state index in [-0.39, 0.29) is 6.61 Å². The van der Waals surface area contributed by atoms with Crippen molar-refractivity contribution in [3.63, 3.8) is 0 Å². The van der Waals surface area contributed by atoms with Crippen LogP contribution in [0.3, 0.4) is 0 Å². The smallest absolute Gasteiger partial charge is 0.408 e. The number of carbonyl (C=O) groups is 2. The predicted molar refractivity (Wildman–Crippen MR) is 91.4 cm³/mol. The third-order valence-corrected chi connectivity index (χ3v) is 4.08. The van der Waals surface area contributed by atoms with Crippen molar-refractivity contribution in [2.24, 2.45) is 0 Å². The van der Waals surface area contributed by atoms with E-state index in [9.17, 15) is 14.7 Å². The van der Waals surface area contributed by atoms with Gasteiger partial charge in [-0.25, -0.2) is 9.59 Å². The quantitative estimate of drug-likeness (QED) is 0.795. The van der Waals surface area contributed by atoms with E-state index in [2.05, 4.69) is 5.32 Å². The Hall–Kier alpha value is -3.06. The topological polar surface area (TPSA) is 94.1 Å². The summed E-state index contributed by atoms with van der Waals surface area (Å²) in [6.07, 6.45) is -2.89. The minimum Gasteiger partial charge on any atom is -0.497 e. The third kappa shape index (κ3) is 3.94. The molecule has 0 aliphatic carbocycles.